The van der Waals surface area contributed by atoms with Crippen LogP contribution in [0, 0.1) is 5.82 Å². The maximum atomic E-state index is 13.4. The van der Waals surface area contributed by atoms with Crippen LogP contribution < -0.4 is 10.6 Å². The molecule has 2 amide bonds. The Labute approximate surface area is 190 Å². The van der Waals surface area contributed by atoms with Crippen LogP contribution in [0.1, 0.15) is 28.4 Å². The van der Waals surface area contributed by atoms with Crippen molar-refractivity contribution in [3.8, 4) is 0 Å². The molecule has 0 aromatic heterocycles. The summed E-state index contributed by atoms with van der Waals surface area (Å²) in [6, 6.07) is 13.7. The fourth-order valence-electron chi connectivity index (χ4n) is 3.53. The molecular weight excluding hydrogens is 463 g/mol. The summed E-state index contributed by atoms with van der Waals surface area (Å²) in [6.45, 7) is 4.87. The van der Waals surface area contributed by atoms with E-state index in [1.54, 1.807) is 0 Å². The fourth-order valence-corrected chi connectivity index (χ4v) is 3.96. The molecule has 0 radical (unpaired) electrons. The van der Waals surface area contributed by atoms with Crippen LogP contribution in [0.5, 0.6) is 0 Å². The molecule has 1 aliphatic heterocycles. The van der Waals surface area contributed by atoms with Crippen molar-refractivity contribution in [3.05, 3.63) is 69.9 Å². The Kier molecular flexibility index (Phi) is 8.57. The van der Waals surface area contributed by atoms with Gasteiger partial charge >= 0.3 is 0 Å². The first-order valence-electron chi connectivity index (χ1n) is 10.4. The summed E-state index contributed by atoms with van der Waals surface area (Å²) in [6.07, 6.45) is 0.144. The molecule has 8 heteroatoms. The summed E-state index contributed by atoms with van der Waals surface area (Å²) in [4.78, 5) is 29.5. The second-order valence-corrected chi connectivity index (χ2v) is 8.62. The van der Waals surface area contributed by atoms with Crippen LogP contribution in [0.3, 0.4) is 0 Å². The third-order valence-corrected chi connectivity index (χ3v) is 6.08. The first kappa shape index (κ1) is 23.4. The lowest BCUT2D eigenvalue weighted by molar-refractivity contribution is -0.121. The highest BCUT2D eigenvalue weighted by atomic mass is 79.9. The van der Waals surface area contributed by atoms with Crippen LogP contribution in [-0.2, 0) is 4.79 Å². The normalized spacial score (nSPS) is 16.0. The predicted octanol–water partition coefficient (Wildman–Crippen LogP) is 2.81. The highest BCUT2D eigenvalue weighted by Crippen LogP contribution is 2.18. The van der Waals surface area contributed by atoms with Gasteiger partial charge in [0.05, 0.1) is 11.6 Å². The summed E-state index contributed by atoms with van der Waals surface area (Å²) in [7, 11) is 2.12. The molecule has 2 aromatic carbocycles. The summed E-state index contributed by atoms with van der Waals surface area (Å²) in [5.41, 5.74) is 1.26. The van der Waals surface area contributed by atoms with E-state index in [9.17, 15) is 14.0 Å². The maximum absolute atomic E-state index is 13.4. The summed E-state index contributed by atoms with van der Waals surface area (Å²) < 4.78 is 13.9. The number of amides is 2. The van der Waals surface area contributed by atoms with Gasteiger partial charge in [0.15, 0.2) is 0 Å². The summed E-state index contributed by atoms with van der Waals surface area (Å²) in [5.74, 6) is -1.04. The van der Waals surface area contributed by atoms with Gasteiger partial charge in [-0.15, -0.1) is 0 Å². The van der Waals surface area contributed by atoms with Crippen LogP contribution in [0.25, 0.3) is 0 Å². The van der Waals surface area contributed by atoms with Gasteiger partial charge in [-0.2, -0.15) is 0 Å². The van der Waals surface area contributed by atoms with E-state index < -0.39 is 11.7 Å². The number of benzene rings is 2. The van der Waals surface area contributed by atoms with Crippen molar-refractivity contribution in [2.75, 3.05) is 46.3 Å². The standard InChI is InChI=1S/C23H28BrFN4O2/c1-28-11-13-29(14-12-28)16-21(17-5-3-2-4-6-17)27-22(30)9-10-26-23(31)19-15-18(25)7-8-20(19)24/h2-8,15,21H,9-14,16H2,1H3,(H,26,31)(H,27,30). The number of hydrogen-bond donors (Lipinski definition) is 2. The van der Waals surface area contributed by atoms with Crippen molar-refractivity contribution < 1.29 is 14.0 Å². The highest BCUT2D eigenvalue weighted by molar-refractivity contribution is 9.10. The molecule has 31 heavy (non-hydrogen) atoms. The minimum atomic E-state index is -0.485. The lowest BCUT2D eigenvalue weighted by atomic mass is 10.1. The van der Waals surface area contributed by atoms with Crippen molar-refractivity contribution in [1.29, 1.82) is 0 Å². The molecule has 1 aliphatic rings. The molecule has 2 aromatic rings. The van der Waals surface area contributed by atoms with Gasteiger partial charge in [0.1, 0.15) is 5.82 Å². The molecule has 0 aliphatic carbocycles. The smallest absolute Gasteiger partial charge is 0.252 e. The highest BCUT2D eigenvalue weighted by Gasteiger charge is 2.21. The van der Waals surface area contributed by atoms with Crippen LogP contribution in [-0.4, -0.2) is 67.9 Å². The monoisotopic (exact) mass is 490 g/mol. The van der Waals surface area contributed by atoms with Gasteiger partial charge in [-0.3, -0.25) is 14.5 Å². The Morgan fingerprint density at radius 3 is 2.52 bits per heavy atom. The first-order valence-corrected chi connectivity index (χ1v) is 11.2. The molecule has 1 atom stereocenters. The lowest BCUT2D eigenvalue weighted by Gasteiger charge is -2.35. The van der Waals surface area contributed by atoms with Gasteiger partial charge < -0.3 is 15.5 Å². The van der Waals surface area contributed by atoms with E-state index in [-0.39, 0.29) is 30.5 Å². The van der Waals surface area contributed by atoms with Crippen LogP contribution in [0.2, 0.25) is 0 Å². The zero-order valence-corrected chi connectivity index (χ0v) is 19.2. The summed E-state index contributed by atoms with van der Waals surface area (Å²) in [5, 5.41) is 5.80. The van der Waals surface area contributed by atoms with Gasteiger partial charge in [-0.1, -0.05) is 30.3 Å². The van der Waals surface area contributed by atoms with E-state index in [2.05, 4.69) is 43.4 Å². The summed E-state index contributed by atoms with van der Waals surface area (Å²) >= 11 is 3.25. The van der Waals surface area contributed by atoms with Crippen molar-refractivity contribution >= 4 is 27.7 Å². The van der Waals surface area contributed by atoms with Crippen molar-refractivity contribution in [1.82, 2.24) is 20.4 Å². The number of likely N-dealkylation sites (N-methyl/N-ethyl adjacent to an activating group) is 1. The third kappa shape index (κ3) is 7.12. The second-order valence-electron chi connectivity index (χ2n) is 7.76. The van der Waals surface area contributed by atoms with E-state index in [0.29, 0.717) is 4.47 Å². The largest absolute Gasteiger partial charge is 0.351 e. The SMILES string of the molecule is CN1CCN(CC(NC(=O)CCNC(=O)c2cc(F)ccc2Br)c2ccccc2)CC1. The van der Waals surface area contributed by atoms with E-state index in [1.165, 1.54) is 18.2 Å². The molecule has 0 spiro atoms. The number of carbonyl (C=O) groups excluding carboxylic acids is 2. The molecule has 1 heterocycles. The average molecular weight is 491 g/mol. The van der Waals surface area contributed by atoms with Gasteiger partial charge in [-0.25, -0.2) is 4.39 Å². The first-order chi connectivity index (χ1) is 14.9. The Morgan fingerprint density at radius 2 is 1.81 bits per heavy atom. The zero-order chi connectivity index (χ0) is 22.2. The van der Waals surface area contributed by atoms with Crippen molar-refractivity contribution in [3.63, 3.8) is 0 Å². The zero-order valence-electron chi connectivity index (χ0n) is 17.6. The Morgan fingerprint density at radius 1 is 1.10 bits per heavy atom. The maximum Gasteiger partial charge on any atom is 0.252 e. The number of nitrogens with one attached hydrogen (secondary N) is 2. The van der Waals surface area contributed by atoms with Crippen LogP contribution in [0.4, 0.5) is 4.39 Å². The van der Waals surface area contributed by atoms with Gasteiger partial charge in [0, 0.05) is 50.2 Å². The van der Waals surface area contributed by atoms with Crippen LogP contribution in [0.15, 0.2) is 53.0 Å². The molecule has 1 saturated heterocycles. The topological polar surface area (TPSA) is 64.7 Å². The molecule has 0 bridgehead atoms. The van der Waals surface area contributed by atoms with E-state index >= 15 is 0 Å². The molecule has 1 unspecified atom stereocenters. The lowest BCUT2D eigenvalue weighted by Crippen LogP contribution is -2.48. The number of halogens is 2. The van der Waals surface area contributed by atoms with E-state index in [1.807, 2.05) is 30.3 Å². The Hall–Kier alpha value is -2.29. The minimum Gasteiger partial charge on any atom is -0.351 e. The molecular formula is C23H28BrFN4O2. The van der Waals surface area contributed by atoms with Gasteiger partial charge in [-0.05, 0) is 46.7 Å². The number of carbonyl (C=O) groups is 2. The Bertz CT molecular complexity index is 888. The molecule has 6 nitrogen and oxygen atoms in total. The van der Waals surface area contributed by atoms with E-state index in [4.69, 9.17) is 0 Å². The van der Waals surface area contributed by atoms with Gasteiger partial charge in [0.2, 0.25) is 5.91 Å². The minimum absolute atomic E-state index is 0.120. The van der Waals surface area contributed by atoms with E-state index in [0.717, 1.165) is 38.3 Å². The predicted molar refractivity (Wildman–Crippen MR) is 122 cm³/mol. The quantitative estimate of drug-likeness (QED) is 0.597. The Balaban J connectivity index is 1.53. The molecule has 3 rings (SSSR count). The number of rotatable bonds is 8. The van der Waals surface area contributed by atoms with Crippen molar-refractivity contribution in [2.24, 2.45) is 0 Å². The second kappa shape index (κ2) is 11.4. The number of hydrogen-bond acceptors (Lipinski definition) is 4. The van der Waals surface area contributed by atoms with Gasteiger partial charge in [0.25, 0.3) is 5.91 Å². The number of nitrogens with zero attached hydrogens (tertiary/aromatic N) is 2. The fraction of sp³-hybridized carbons (Fsp3) is 0.391. The molecule has 1 fully saturated rings. The number of piperazine rings is 1. The average Bonchev–Trinajstić information content (AvgIpc) is 2.77. The molecule has 0 saturated carbocycles. The third-order valence-electron chi connectivity index (χ3n) is 5.38. The molecule has 2 N–H and O–H groups in total. The van der Waals surface area contributed by atoms with Crippen molar-refractivity contribution in [2.45, 2.75) is 12.5 Å². The molecule has 166 valence electrons. The van der Waals surface area contributed by atoms with Crippen LogP contribution >= 0.6 is 15.9 Å².